The van der Waals surface area contributed by atoms with Crippen molar-refractivity contribution in [1.29, 1.82) is 0 Å². The van der Waals surface area contributed by atoms with E-state index in [1.54, 1.807) is 0 Å². The highest BCUT2D eigenvalue weighted by atomic mass is 16.4. The van der Waals surface area contributed by atoms with Crippen LogP contribution in [0.15, 0.2) is 24.3 Å². The van der Waals surface area contributed by atoms with Gasteiger partial charge >= 0.3 is 5.97 Å². The van der Waals surface area contributed by atoms with Gasteiger partial charge in [-0.15, -0.1) is 0 Å². The maximum atomic E-state index is 11.8. The van der Waals surface area contributed by atoms with Crippen LogP contribution >= 0.6 is 0 Å². The Morgan fingerprint density at radius 2 is 2.00 bits per heavy atom. The molecule has 0 bridgehead atoms. The van der Waals surface area contributed by atoms with Crippen molar-refractivity contribution >= 4 is 17.6 Å². The summed E-state index contributed by atoms with van der Waals surface area (Å²) < 4.78 is 0. The van der Waals surface area contributed by atoms with Gasteiger partial charge in [-0.05, 0) is 37.1 Å². The SMILES string of the molecule is CC(C)NCCCC(=O)Nc1cccc(CCC(=O)O)c1. The second kappa shape index (κ2) is 9.13. The Hall–Kier alpha value is -1.88. The van der Waals surface area contributed by atoms with Gasteiger partial charge in [0.1, 0.15) is 0 Å². The maximum Gasteiger partial charge on any atom is 0.303 e. The number of aliphatic carboxylic acids is 1. The molecule has 0 aromatic heterocycles. The smallest absolute Gasteiger partial charge is 0.303 e. The third-order valence-electron chi connectivity index (χ3n) is 2.97. The highest BCUT2D eigenvalue weighted by molar-refractivity contribution is 5.90. The molecule has 116 valence electrons. The number of aryl methyl sites for hydroxylation is 1. The molecule has 0 aliphatic heterocycles. The van der Waals surface area contributed by atoms with Crippen LogP contribution in [0.1, 0.15) is 38.7 Å². The molecule has 0 unspecified atom stereocenters. The van der Waals surface area contributed by atoms with Crippen LogP contribution in [0.5, 0.6) is 0 Å². The third-order valence-corrected chi connectivity index (χ3v) is 2.97. The molecule has 0 atom stereocenters. The van der Waals surface area contributed by atoms with Gasteiger partial charge < -0.3 is 15.7 Å². The first-order chi connectivity index (χ1) is 9.97. The normalized spacial score (nSPS) is 10.6. The standard InChI is InChI=1S/C16H24N2O3/c1-12(2)17-10-4-7-15(19)18-14-6-3-5-13(11-14)8-9-16(20)21/h3,5-6,11-12,17H,4,7-10H2,1-2H3,(H,18,19)(H,20,21). The molecule has 0 fully saturated rings. The van der Waals surface area contributed by atoms with E-state index in [2.05, 4.69) is 24.5 Å². The number of anilines is 1. The predicted molar refractivity (Wildman–Crippen MR) is 83.4 cm³/mol. The molecular formula is C16H24N2O3. The molecule has 0 heterocycles. The number of nitrogens with one attached hydrogen (secondary N) is 2. The number of carbonyl (C=O) groups excluding carboxylic acids is 1. The van der Waals surface area contributed by atoms with Crippen molar-refractivity contribution in [3.05, 3.63) is 29.8 Å². The molecule has 0 saturated heterocycles. The summed E-state index contributed by atoms with van der Waals surface area (Å²) in [6.07, 6.45) is 1.83. The number of amides is 1. The lowest BCUT2D eigenvalue weighted by Crippen LogP contribution is -2.24. The molecule has 0 aliphatic rings. The van der Waals surface area contributed by atoms with Gasteiger partial charge in [-0.2, -0.15) is 0 Å². The number of hydrogen-bond acceptors (Lipinski definition) is 3. The number of benzene rings is 1. The summed E-state index contributed by atoms with van der Waals surface area (Å²) in [5.74, 6) is -0.835. The minimum absolute atomic E-state index is 0.0176. The lowest BCUT2D eigenvalue weighted by Gasteiger charge is -2.09. The highest BCUT2D eigenvalue weighted by Gasteiger charge is 2.04. The lowest BCUT2D eigenvalue weighted by molar-refractivity contribution is -0.137. The van der Waals surface area contributed by atoms with E-state index in [0.29, 0.717) is 18.9 Å². The Bertz CT molecular complexity index is 472. The van der Waals surface area contributed by atoms with Crippen LogP contribution in [-0.4, -0.2) is 29.6 Å². The Morgan fingerprint density at radius 3 is 2.67 bits per heavy atom. The molecule has 5 heteroatoms. The largest absolute Gasteiger partial charge is 0.481 e. The molecule has 0 saturated carbocycles. The fourth-order valence-electron chi connectivity index (χ4n) is 1.92. The number of hydrogen-bond donors (Lipinski definition) is 3. The molecule has 5 nitrogen and oxygen atoms in total. The van der Waals surface area contributed by atoms with Gasteiger partial charge in [-0.25, -0.2) is 0 Å². The van der Waals surface area contributed by atoms with Gasteiger partial charge in [0.15, 0.2) is 0 Å². The minimum Gasteiger partial charge on any atom is -0.481 e. The molecule has 1 amide bonds. The van der Waals surface area contributed by atoms with E-state index in [9.17, 15) is 9.59 Å². The summed E-state index contributed by atoms with van der Waals surface area (Å²) in [5.41, 5.74) is 1.64. The Morgan fingerprint density at radius 1 is 1.24 bits per heavy atom. The van der Waals surface area contributed by atoms with Gasteiger partial charge in [0, 0.05) is 24.6 Å². The molecule has 1 aromatic carbocycles. The Balaban J connectivity index is 2.38. The zero-order chi connectivity index (χ0) is 15.7. The topological polar surface area (TPSA) is 78.4 Å². The fraction of sp³-hybridized carbons (Fsp3) is 0.500. The molecule has 3 N–H and O–H groups in total. The highest BCUT2D eigenvalue weighted by Crippen LogP contribution is 2.13. The summed E-state index contributed by atoms with van der Waals surface area (Å²) in [6.45, 7) is 4.97. The molecule has 0 spiro atoms. The predicted octanol–water partition coefficient (Wildman–Crippen LogP) is 2.42. The molecular weight excluding hydrogens is 268 g/mol. The van der Waals surface area contributed by atoms with E-state index >= 15 is 0 Å². The summed E-state index contributed by atoms with van der Waals surface area (Å²) >= 11 is 0. The van der Waals surface area contributed by atoms with Crippen LogP contribution < -0.4 is 10.6 Å². The number of rotatable bonds is 9. The van der Waals surface area contributed by atoms with Crippen molar-refractivity contribution in [2.45, 2.75) is 45.6 Å². The quantitative estimate of drug-likeness (QED) is 0.611. The van der Waals surface area contributed by atoms with Crippen LogP contribution in [0.25, 0.3) is 0 Å². The molecule has 1 rings (SSSR count). The van der Waals surface area contributed by atoms with Gasteiger partial charge in [-0.1, -0.05) is 26.0 Å². The van der Waals surface area contributed by atoms with E-state index in [1.807, 2.05) is 24.3 Å². The lowest BCUT2D eigenvalue weighted by atomic mass is 10.1. The average Bonchev–Trinajstić information content (AvgIpc) is 2.41. The first-order valence-electron chi connectivity index (χ1n) is 7.31. The summed E-state index contributed by atoms with van der Waals surface area (Å²) in [7, 11) is 0. The van der Waals surface area contributed by atoms with Crippen LogP contribution in [0, 0.1) is 0 Å². The van der Waals surface area contributed by atoms with E-state index in [1.165, 1.54) is 0 Å². The number of carboxylic acid groups (broad SMARTS) is 1. The first kappa shape index (κ1) is 17.2. The third kappa shape index (κ3) is 8.09. The molecule has 0 aliphatic carbocycles. The molecule has 1 aromatic rings. The van der Waals surface area contributed by atoms with E-state index in [4.69, 9.17) is 5.11 Å². The average molecular weight is 292 g/mol. The van der Waals surface area contributed by atoms with Crippen molar-refractivity contribution in [3.8, 4) is 0 Å². The molecule has 21 heavy (non-hydrogen) atoms. The monoisotopic (exact) mass is 292 g/mol. The molecule has 0 radical (unpaired) electrons. The van der Waals surface area contributed by atoms with Gasteiger partial charge in [0.2, 0.25) is 5.91 Å². The number of carboxylic acids is 1. The summed E-state index contributed by atoms with van der Waals surface area (Å²) in [4.78, 5) is 22.4. The Labute approximate surface area is 125 Å². The van der Waals surface area contributed by atoms with Crippen molar-refractivity contribution in [1.82, 2.24) is 5.32 Å². The van der Waals surface area contributed by atoms with E-state index in [0.717, 1.165) is 24.2 Å². The fourth-order valence-corrected chi connectivity index (χ4v) is 1.92. The second-order valence-electron chi connectivity index (χ2n) is 5.35. The van der Waals surface area contributed by atoms with E-state index < -0.39 is 5.97 Å². The van der Waals surface area contributed by atoms with Crippen molar-refractivity contribution < 1.29 is 14.7 Å². The summed E-state index contributed by atoms with van der Waals surface area (Å²) in [5, 5.41) is 14.8. The second-order valence-corrected chi connectivity index (χ2v) is 5.35. The van der Waals surface area contributed by atoms with Crippen molar-refractivity contribution in [2.75, 3.05) is 11.9 Å². The van der Waals surface area contributed by atoms with Crippen LogP contribution in [0.2, 0.25) is 0 Å². The minimum atomic E-state index is -0.818. The van der Waals surface area contributed by atoms with Gasteiger partial charge in [0.25, 0.3) is 0 Å². The zero-order valence-corrected chi connectivity index (χ0v) is 12.7. The van der Waals surface area contributed by atoms with Crippen LogP contribution in [-0.2, 0) is 16.0 Å². The first-order valence-corrected chi connectivity index (χ1v) is 7.31. The van der Waals surface area contributed by atoms with Crippen molar-refractivity contribution in [2.24, 2.45) is 0 Å². The number of carbonyl (C=O) groups is 2. The van der Waals surface area contributed by atoms with Gasteiger partial charge in [-0.3, -0.25) is 9.59 Å². The van der Waals surface area contributed by atoms with Crippen molar-refractivity contribution in [3.63, 3.8) is 0 Å². The Kier molecular flexibility index (Phi) is 7.46. The van der Waals surface area contributed by atoms with Crippen LogP contribution in [0.3, 0.4) is 0 Å². The maximum absolute atomic E-state index is 11.8. The van der Waals surface area contributed by atoms with Gasteiger partial charge in [0.05, 0.1) is 0 Å². The van der Waals surface area contributed by atoms with Crippen LogP contribution in [0.4, 0.5) is 5.69 Å². The van der Waals surface area contributed by atoms with E-state index in [-0.39, 0.29) is 12.3 Å². The zero-order valence-electron chi connectivity index (χ0n) is 12.7. The summed E-state index contributed by atoms with van der Waals surface area (Å²) in [6, 6.07) is 7.76.